The summed E-state index contributed by atoms with van der Waals surface area (Å²) in [4.78, 5) is 9.08. The molecule has 2 aromatic rings. The monoisotopic (exact) mass is 513 g/mol. The van der Waals surface area contributed by atoms with Crippen molar-refractivity contribution in [3.05, 3.63) is 58.7 Å². The Kier molecular flexibility index (Phi) is 5.59. The van der Waals surface area contributed by atoms with Crippen LogP contribution in [-0.4, -0.2) is 38.9 Å². The highest BCUT2D eigenvalue weighted by molar-refractivity contribution is 6.77. The molecule has 3 aliphatic rings. The number of nitrogens with zero attached hydrogens (tertiary/aromatic N) is 2. The summed E-state index contributed by atoms with van der Waals surface area (Å²) in [6.07, 6.45) is 4.84. The van der Waals surface area contributed by atoms with E-state index in [1.165, 1.54) is 55.9 Å². The van der Waals surface area contributed by atoms with Crippen LogP contribution in [0.1, 0.15) is 90.1 Å². The predicted octanol–water partition coefficient (Wildman–Crippen LogP) is 8.19. The Morgan fingerprint density at radius 3 is 1.43 bits per heavy atom. The Hall–Kier alpha value is -2.30. The second-order valence-corrected chi connectivity index (χ2v) is 18.8. The Bertz CT molecular complexity index is 1280. The molecule has 37 heavy (non-hydrogen) atoms. The zero-order chi connectivity index (χ0) is 27.5. The summed E-state index contributed by atoms with van der Waals surface area (Å²) in [5.41, 5.74) is 14.6. The minimum atomic E-state index is -1.96. The first-order valence-electron chi connectivity index (χ1n) is 13.9. The van der Waals surface area contributed by atoms with Crippen molar-refractivity contribution in [1.29, 1.82) is 0 Å². The van der Waals surface area contributed by atoms with Gasteiger partial charge in [-0.25, -0.2) is 0 Å². The van der Waals surface area contributed by atoms with Crippen molar-refractivity contribution in [3.63, 3.8) is 0 Å². The van der Waals surface area contributed by atoms with Crippen LogP contribution in [0.3, 0.4) is 0 Å². The van der Waals surface area contributed by atoms with E-state index in [2.05, 4.69) is 141 Å². The molecule has 3 nitrogen and oxygen atoms in total. The van der Waals surface area contributed by atoms with E-state index in [1.807, 2.05) is 0 Å². The molecule has 2 heterocycles. The Morgan fingerprint density at radius 2 is 1.08 bits per heavy atom. The van der Waals surface area contributed by atoms with Crippen molar-refractivity contribution < 1.29 is 0 Å². The SMILES string of the molecule is CC1=CC(C)(C)N(C)c2cc3c(cc21)-c1cc2c(cc1C3[Si](C)(C)NC(C)(C)C)N(C)C(C)(C)C=C2C. The molecule has 5 rings (SSSR count). The first kappa shape index (κ1) is 26.3. The van der Waals surface area contributed by atoms with E-state index in [-0.39, 0.29) is 16.6 Å². The smallest absolute Gasteiger partial charge is 0.131 e. The standard InChI is InChI=1S/C33H47N3Si/c1-20-18-32(6,7)35(10)28-16-26-24(14-22(20)28)25-15-23-21(2)19-33(8,9)36(11)29(23)17-27(25)30(26)37(12,13)34-31(3,4)5/h14-19,30,34H,1-13H3. The van der Waals surface area contributed by atoms with Gasteiger partial charge in [0.15, 0.2) is 0 Å². The predicted molar refractivity (Wildman–Crippen MR) is 166 cm³/mol. The highest BCUT2D eigenvalue weighted by Gasteiger charge is 2.45. The summed E-state index contributed by atoms with van der Waals surface area (Å²) in [5.74, 6) is 0. The fraction of sp³-hybridized carbons (Fsp3) is 0.515. The maximum atomic E-state index is 4.14. The van der Waals surface area contributed by atoms with Crippen molar-refractivity contribution >= 4 is 30.8 Å². The number of anilines is 2. The lowest BCUT2D eigenvalue weighted by atomic mass is 9.86. The van der Waals surface area contributed by atoms with Crippen molar-refractivity contribution in [1.82, 2.24) is 4.98 Å². The van der Waals surface area contributed by atoms with Crippen LogP contribution in [0.15, 0.2) is 36.4 Å². The van der Waals surface area contributed by atoms with E-state index < -0.39 is 8.24 Å². The molecular weight excluding hydrogens is 466 g/mol. The van der Waals surface area contributed by atoms with Crippen LogP contribution in [0.4, 0.5) is 11.4 Å². The molecule has 2 aromatic carbocycles. The third kappa shape index (κ3) is 4.03. The third-order valence-corrected chi connectivity index (χ3v) is 12.6. The zero-order valence-corrected chi connectivity index (χ0v) is 26.4. The number of benzene rings is 2. The number of nitrogens with one attached hydrogen (secondary N) is 1. The van der Waals surface area contributed by atoms with Gasteiger partial charge in [-0.1, -0.05) is 25.2 Å². The average Bonchev–Trinajstić information content (AvgIpc) is 3.05. The fourth-order valence-electron chi connectivity index (χ4n) is 7.35. The summed E-state index contributed by atoms with van der Waals surface area (Å²) in [6.45, 7) is 25.8. The quantitative estimate of drug-likeness (QED) is 0.408. The van der Waals surface area contributed by atoms with Gasteiger partial charge in [-0.05, 0) is 120 Å². The number of hydrogen-bond acceptors (Lipinski definition) is 3. The molecular formula is C33H47N3Si. The first-order chi connectivity index (χ1) is 16.8. The Morgan fingerprint density at radius 1 is 0.703 bits per heavy atom. The molecule has 198 valence electrons. The summed E-state index contributed by atoms with van der Waals surface area (Å²) < 4.78 is 0. The summed E-state index contributed by atoms with van der Waals surface area (Å²) in [6, 6.07) is 10.1. The number of likely N-dealkylation sites (N-methyl/N-ethyl adjacent to an activating group) is 2. The molecule has 0 bridgehead atoms. The number of rotatable bonds is 2. The van der Waals surface area contributed by atoms with Crippen LogP contribution in [0, 0.1) is 0 Å². The fourth-order valence-corrected chi connectivity index (χ4v) is 11.5. The van der Waals surface area contributed by atoms with Crippen LogP contribution in [0.25, 0.3) is 22.3 Å². The maximum absolute atomic E-state index is 4.14. The van der Waals surface area contributed by atoms with Gasteiger partial charge >= 0.3 is 0 Å². The van der Waals surface area contributed by atoms with Crippen molar-refractivity contribution in [2.75, 3.05) is 23.9 Å². The number of fused-ring (bicyclic) bond motifs is 5. The van der Waals surface area contributed by atoms with Crippen LogP contribution < -0.4 is 14.8 Å². The van der Waals surface area contributed by atoms with Crippen molar-refractivity contribution in [2.45, 2.75) is 97.6 Å². The summed E-state index contributed by atoms with van der Waals surface area (Å²) in [7, 11) is 2.55. The normalized spacial score (nSPS) is 20.1. The van der Waals surface area contributed by atoms with Gasteiger partial charge in [0.2, 0.25) is 0 Å². The molecule has 0 unspecified atom stereocenters. The van der Waals surface area contributed by atoms with Crippen molar-refractivity contribution in [3.8, 4) is 11.1 Å². The Balaban J connectivity index is 1.81. The van der Waals surface area contributed by atoms with Gasteiger partial charge in [-0.2, -0.15) is 0 Å². The number of hydrogen-bond donors (Lipinski definition) is 1. The van der Waals surface area contributed by atoms with E-state index in [4.69, 9.17) is 0 Å². The molecule has 0 saturated carbocycles. The molecule has 0 fully saturated rings. The van der Waals surface area contributed by atoms with Gasteiger partial charge in [0.1, 0.15) is 8.24 Å². The third-order valence-electron chi connectivity index (χ3n) is 9.11. The van der Waals surface area contributed by atoms with Gasteiger partial charge in [-0.3, -0.25) is 0 Å². The van der Waals surface area contributed by atoms with E-state index in [0.717, 1.165) is 0 Å². The highest BCUT2D eigenvalue weighted by atomic mass is 28.3. The highest BCUT2D eigenvalue weighted by Crippen LogP contribution is 2.55. The maximum Gasteiger partial charge on any atom is 0.131 e. The number of allylic oxidation sites excluding steroid dienone is 2. The topological polar surface area (TPSA) is 18.5 Å². The lowest BCUT2D eigenvalue weighted by Gasteiger charge is -2.42. The van der Waals surface area contributed by atoms with Gasteiger partial charge in [-0.15, -0.1) is 0 Å². The second-order valence-electron chi connectivity index (χ2n) is 14.5. The van der Waals surface area contributed by atoms with Crippen molar-refractivity contribution in [2.24, 2.45) is 0 Å². The van der Waals surface area contributed by atoms with E-state index >= 15 is 0 Å². The second kappa shape index (κ2) is 7.86. The zero-order valence-electron chi connectivity index (χ0n) is 25.4. The minimum absolute atomic E-state index is 0.00181. The molecule has 0 amide bonds. The first-order valence-corrected chi connectivity index (χ1v) is 16.9. The van der Waals surface area contributed by atoms with Gasteiger partial charge < -0.3 is 14.8 Å². The van der Waals surface area contributed by atoms with Crippen LogP contribution in [0.5, 0.6) is 0 Å². The molecule has 1 aliphatic carbocycles. The summed E-state index contributed by atoms with van der Waals surface area (Å²) in [5, 5.41) is 0. The molecule has 0 saturated heterocycles. The average molecular weight is 514 g/mol. The summed E-state index contributed by atoms with van der Waals surface area (Å²) >= 11 is 0. The molecule has 4 heteroatoms. The van der Waals surface area contributed by atoms with Crippen LogP contribution in [0.2, 0.25) is 13.1 Å². The molecule has 0 aromatic heterocycles. The molecule has 1 N–H and O–H groups in total. The van der Waals surface area contributed by atoms with E-state index in [0.29, 0.717) is 5.54 Å². The lowest BCUT2D eigenvalue weighted by Crippen LogP contribution is -2.58. The van der Waals surface area contributed by atoms with Gasteiger partial charge in [0.05, 0.1) is 11.1 Å². The largest absolute Gasteiger partial charge is 0.365 e. The van der Waals surface area contributed by atoms with E-state index in [1.54, 1.807) is 0 Å². The molecule has 2 aliphatic heterocycles. The van der Waals surface area contributed by atoms with Crippen LogP contribution in [-0.2, 0) is 0 Å². The Labute approximate surface area is 226 Å². The van der Waals surface area contributed by atoms with Gasteiger partial charge in [0, 0.05) is 47.7 Å². The van der Waals surface area contributed by atoms with Gasteiger partial charge in [0.25, 0.3) is 0 Å². The minimum Gasteiger partial charge on any atom is -0.365 e. The lowest BCUT2D eigenvalue weighted by molar-refractivity contribution is 0.508. The molecule has 0 atom stereocenters. The van der Waals surface area contributed by atoms with E-state index in [9.17, 15) is 0 Å². The molecule has 0 spiro atoms. The molecule has 0 radical (unpaired) electrons. The van der Waals surface area contributed by atoms with Crippen LogP contribution >= 0.6 is 0 Å².